The van der Waals surface area contributed by atoms with E-state index in [-0.39, 0.29) is 42.6 Å². The van der Waals surface area contributed by atoms with Gasteiger partial charge in [0.2, 0.25) is 5.91 Å². The number of nitriles is 1. The summed E-state index contributed by atoms with van der Waals surface area (Å²) >= 11 is 15.5. The Labute approximate surface area is 266 Å². The maximum absolute atomic E-state index is 15.8. The fraction of sp³-hybridized carbons (Fsp3) is 0.323. The van der Waals surface area contributed by atoms with E-state index < -0.39 is 52.3 Å². The van der Waals surface area contributed by atoms with Gasteiger partial charge >= 0.3 is 5.97 Å². The third kappa shape index (κ3) is 6.22. The number of benzene rings is 3. The Bertz CT molecular complexity index is 1640. The molecule has 7 nitrogen and oxygen atoms in total. The predicted octanol–water partition coefficient (Wildman–Crippen LogP) is 7.70. The summed E-state index contributed by atoms with van der Waals surface area (Å²) < 4.78 is 37.0. The first-order chi connectivity index (χ1) is 20.1. The van der Waals surface area contributed by atoms with Gasteiger partial charge in [0.1, 0.15) is 28.4 Å². The van der Waals surface area contributed by atoms with Crippen molar-refractivity contribution in [2.45, 2.75) is 50.6 Å². The molecule has 1 amide bonds. The van der Waals surface area contributed by atoms with Crippen LogP contribution in [0.3, 0.4) is 0 Å². The van der Waals surface area contributed by atoms with E-state index in [2.05, 4.69) is 32.6 Å². The van der Waals surface area contributed by atoms with E-state index in [1.54, 1.807) is 0 Å². The molecule has 1 aliphatic heterocycles. The largest absolute Gasteiger partial charge is 0.496 e. The van der Waals surface area contributed by atoms with E-state index in [0.717, 1.165) is 6.07 Å². The van der Waals surface area contributed by atoms with Crippen molar-refractivity contribution >= 4 is 56.7 Å². The van der Waals surface area contributed by atoms with Crippen molar-refractivity contribution in [2.75, 3.05) is 12.4 Å². The molecule has 4 atom stereocenters. The summed E-state index contributed by atoms with van der Waals surface area (Å²) in [5.74, 6) is -4.81. The number of hydrogen-bond acceptors (Lipinski definition) is 5. The number of anilines is 1. The third-order valence-corrected chi connectivity index (χ3v) is 8.69. The number of carbonyl (C=O) groups excluding carboxylic acids is 1. The standard InChI is InChI=1S/C31H28BrCl2F2N3O4/c1-30(2,3)13-24-31(14-37,18-9-8-15(33)10-21(18)35)25(16-6-5-7-20(34)26(16)36)27(39-24)28(40)38-22-12-23(43-4)17(29(41)42)11-19(22)32/h5-12,24-25,27,39H,13H2,1-4H3,(H,38,40)(H,41,42)/t24-,25-,27+,31-/m0/s1. The number of halogens is 5. The van der Waals surface area contributed by atoms with Crippen LogP contribution in [0.15, 0.2) is 53.0 Å². The zero-order valence-corrected chi connectivity index (χ0v) is 26.7. The first-order valence-electron chi connectivity index (χ1n) is 13.1. The Morgan fingerprint density at radius 1 is 1.19 bits per heavy atom. The number of aromatic carboxylic acids is 1. The topological polar surface area (TPSA) is 111 Å². The van der Waals surface area contributed by atoms with E-state index in [9.17, 15) is 20.0 Å². The maximum Gasteiger partial charge on any atom is 0.339 e. The van der Waals surface area contributed by atoms with Crippen molar-refractivity contribution in [3.05, 3.63) is 91.4 Å². The van der Waals surface area contributed by atoms with Crippen LogP contribution in [0.25, 0.3) is 0 Å². The molecular weight excluding hydrogens is 667 g/mol. The first-order valence-corrected chi connectivity index (χ1v) is 14.7. The molecule has 1 aliphatic rings. The molecule has 4 rings (SSSR count). The fourth-order valence-corrected chi connectivity index (χ4v) is 6.54. The molecule has 0 aromatic heterocycles. The van der Waals surface area contributed by atoms with Crippen molar-refractivity contribution in [1.82, 2.24) is 5.32 Å². The first kappa shape index (κ1) is 32.7. The van der Waals surface area contributed by atoms with E-state index in [1.807, 2.05) is 20.8 Å². The average Bonchev–Trinajstić information content (AvgIpc) is 3.23. The van der Waals surface area contributed by atoms with Gasteiger partial charge in [-0.3, -0.25) is 4.79 Å². The lowest BCUT2D eigenvalue weighted by molar-refractivity contribution is -0.118. The number of amides is 1. The van der Waals surface area contributed by atoms with E-state index in [1.165, 1.54) is 49.6 Å². The highest BCUT2D eigenvalue weighted by Gasteiger charge is 2.61. The molecule has 0 spiro atoms. The lowest BCUT2D eigenvalue weighted by atomic mass is 9.62. The normalized spacial score (nSPS) is 21.7. The number of nitrogens with zero attached hydrogens (tertiary/aromatic N) is 1. The molecule has 1 fully saturated rings. The minimum absolute atomic E-state index is 0.0111. The number of ether oxygens (including phenoxy) is 1. The van der Waals surface area contributed by atoms with Gasteiger partial charge in [-0.2, -0.15) is 5.26 Å². The van der Waals surface area contributed by atoms with Crippen molar-refractivity contribution in [3.8, 4) is 11.8 Å². The van der Waals surface area contributed by atoms with Crippen LogP contribution in [0.4, 0.5) is 14.5 Å². The average molecular weight is 695 g/mol. The highest BCUT2D eigenvalue weighted by atomic mass is 79.9. The SMILES string of the molecule is COc1cc(NC(=O)[C@@H]2N[C@@H](CC(C)(C)C)[C@](C#N)(c3ccc(Cl)cc3F)[C@H]2c2cccc(Cl)c2F)c(Br)cc1C(=O)O. The van der Waals surface area contributed by atoms with Gasteiger partial charge in [0.15, 0.2) is 0 Å². The second-order valence-corrected chi connectivity index (χ2v) is 13.2. The zero-order chi connectivity index (χ0) is 31.9. The Morgan fingerprint density at radius 3 is 2.47 bits per heavy atom. The second kappa shape index (κ2) is 12.4. The van der Waals surface area contributed by atoms with E-state index >= 15 is 8.78 Å². The van der Waals surface area contributed by atoms with Crippen molar-refractivity contribution in [3.63, 3.8) is 0 Å². The molecule has 226 valence electrons. The van der Waals surface area contributed by atoms with E-state index in [4.69, 9.17) is 27.9 Å². The van der Waals surface area contributed by atoms with Crippen molar-refractivity contribution in [1.29, 1.82) is 5.26 Å². The van der Waals surface area contributed by atoms with Crippen molar-refractivity contribution in [2.24, 2.45) is 5.41 Å². The maximum atomic E-state index is 15.8. The molecule has 1 heterocycles. The van der Waals surface area contributed by atoms with Gasteiger partial charge in [-0.05, 0) is 57.6 Å². The van der Waals surface area contributed by atoms with Crippen molar-refractivity contribution < 1.29 is 28.2 Å². The lowest BCUT2D eigenvalue weighted by Crippen LogP contribution is -2.45. The Hall–Kier alpha value is -3.23. The van der Waals surface area contributed by atoms with E-state index in [0.29, 0.717) is 6.42 Å². The molecule has 3 aromatic carbocycles. The van der Waals surface area contributed by atoms with Gasteiger partial charge in [0, 0.05) is 33.1 Å². The summed E-state index contributed by atoms with van der Waals surface area (Å²) in [5, 5.41) is 26.3. The van der Waals surface area contributed by atoms with Gasteiger partial charge in [0.25, 0.3) is 0 Å². The second-order valence-electron chi connectivity index (χ2n) is 11.5. The molecule has 0 saturated carbocycles. The number of nitrogens with one attached hydrogen (secondary N) is 2. The lowest BCUT2D eigenvalue weighted by Gasteiger charge is -2.37. The third-order valence-electron chi connectivity index (χ3n) is 7.51. The summed E-state index contributed by atoms with van der Waals surface area (Å²) in [6.07, 6.45) is 0.302. The summed E-state index contributed by atoms with van der Waals surface area (Å²) in [5.41, 5.74) is -2.28. The molecule has 0 aliphatic carbocycles. The van der Waals surface area contributed by atoms with Crippen LogP contribution in [0, 0.1) is 28.4 Å². The van der Waals surface area contributed by atoms with Gasteiger partial charge < -0.3 is 20.5 Å². The number of hydrogen-bond donors (Lipinski definition) is 3. The summed E-state index contributed by atoms with van der Waals surface area (Å²) in [6, 6.07) is 11.0. The van der Waals surface area contributed by atoms with Crippen LogP contribution in [0.5, 0.6) is 5.75 Å². The molecule has 0 bridgehead atoms. The molecule has 12 heteroatoms. The number of methoxy groups -OCH3 is 1. The number of rotatable bonds is 7. The monoisotopic (exact) mass is 693 g/mol. The van der Waals surface area contributed by atoms with Crippen LogP contribution >= 0.6 is 39.1 Å². The number of carboxylic acids is 1. The Kier molecular flexibility index (Phi) is 9.43. The molecule has 0 unspecified atom stereocenters. The van der Waals surface area contributed by atoms with Gasteiger partial charge in [-0.15, -0.1) is 0 Å². The molecule has 1 saturated heterocycles. The fourth-order valence-electron chi connectivity index (χ4n) is 5.75. The number of carboxylic acid groups (broad SMARTS) is 1. The zero-order valence-electron chi connectivity index (χ0n) is 23.6. The minimum Gasteiger partial charge on any atom is -0.496 e. The van der Waals surface area contributed by atoms with Gasteiger partial charge in [-0.25, -0.2) is 13.6 Å². The quantitative estimate of drug-likeness (QED) is 0.234. The van der Waals surface area contributed by atoms with Crippen LogP contribution in [-0.4, -0.2) is 36.2 Å². The summed E-state index contributed by atoms with van der Waals surface area (Å²) in [6.45, 7) is 5.81. The molecule has 0 radical (unpaired) electrons. The smallest absolute Gasteiger partial charge is 0.339 e. The summed E-state index contributed by atoms with van der Waals surface area (Å²) in [4.78, 5) is 25.8. The molecular formula is C31H28BrCl2F2N3O4. The highest BCUT2D eigenvalue weighted by Crippen LogP contribution is 2.53. The predicted molar refractivity (Wildman–Crippen MR) is 164 cm³/mol. The highest BCUT2D eigenvalue weighted by molar-refractivity contribution is 9.10. The van der Waals surface area contributed by atoms with Crippen LogP contribution in [-0.2, 0) is 10.2 Å². The van der Waals surface area contributed by atoms with Gasteiger partial charge in [-0.1, -0.05) is 62.2 Å². The van der Waals surface area contributed by atoms with Crippen LogP contribution in [0.1, 0.15) is 54.6 Å². The summed E-state index contributed by atoms with van der Waals surface area (Å²) in [7, 11) is 1.29. The molecule has 43 heavy (non-hydrogen) atoms. The van der Waals surface area contributed by atoms with Crippen LogP contribution < -0.4 is 15.4 Å². The van der Waals surface area contributed by atoms with Gasteiger partial charge in [0.05, 0.1) is 29.9 Å². The Morgan fingerprint density at radius 2 is 1.88 bits per heavy atom. The number of carbonyl (C=O) groups is 2. The van der Waals surface area contributed by atoms with Crippen LogP contribution in [0.2, 0.25) is 10.0 Å². The molecule has 3 aromatic rings. The Balaban J connectivity index is 1.95. The minimum atomic E-state index is -1.79. The molecule has 3 N–H and O–H groups in total.